The second kappa shape index (κ2) is 5.74. The molecule has 24 heavy (non-hydrogen) atoms. The molecule has 2 fully saturated rings. The smallest absolute Gasteiger partial charge is 0.254 e. The third-order valence-electron chi connectivity index (χ3n) is 5.16. The Morgan fingerprint density at radius 2 is 1.96 bits per heavy atom. The fourth-order valence-electron chi connectivity index (χ4n) is 3.81. The molecule has 2 aliphatic rings. The number of nitrogens with zero attached hydrogens (tertiary/aromatic N) is 2. The molecule has 0 saturated carbocycles. The highest BCUT2D eigenvalue weighted by Crippen LogP contribution is 2.42. The van der Waals surface area contributed by atoms with Crippen LogP contribution in [-0.4, -0.2) is 36.3 Å². The van der Waals surface area contributed by atoms with Gasteiger partial charge in [-0.1, -0.05) is 17.7 Å². The highest BCUT2D eigenvalue weighted by Gasteiger charge is 2.48. The first-order chi connectivity index (χ1) is 11.6. The van der Waals surface area contributed by atoms with Crippen LogP contribution >= 0.6 is 11.3 Å². The Hall–Kier alpha value is -2.14. The zero-order valence-corrected chi connectivity index (χ0v) is 14.5. The van der Waals surface area contributed by atoms with Gasteiger partial charge < -0.3 is 9.80 Å². The largest absolute Gasteiger partial charge is 0.338 e. The minimum absolute atomic E-state index is 0.0896. The van der Waals surface area contributed by atoms with Gasteiger partial charge in [0.15, 0.2) is 0 Å². The lowest BCUT2D eigenvalue weighted by atomic mass is 9.86. The van der Waals surface area contributed by atoms with E-state index in [1.807, 2.05) is 57.8 Å². The average molecular weight is 340 g/mol. The van der Waals surface area contributed by atoms with Crippen LogP contribution in [0.15, 0.2) is 41.1 Å². The van der Waals surface area contributed by atoms with Crippen molar-refractivity contribution in [3.05, 3.63) is 52.2 Å². The van der Waals surface area contributed by atoms with Crippen molar-refractivity contribution >= 4 is 28.8 Å². The SMILES string of the molecule is Cc1ccc(N2C[C@@]3(CCN(C(=O)c4ccsc4)C3)CC2=O)cc1. The summed E-state index contributed by atoms with van der Waals surface area (Å²) in [7, 11) is 0. The number of anilines is 1. The van der Waals surface area contributed by atoms with Crippen LogP contribution in [0.25, 0.3) is 0 Å². The van der Waals surface area contributed by atoms with Crippen LogP contribution < -0.4 is 4.90 Å². The summed E-state index contributed by atoms with van der Waals surface area (Å²) in [5.41, 5.74) is 2.82. The van der Waals surface area contributed by atoms with E-state index in [0.29, 0.717) is 19.5 Å². The molecule has 0 N–H and O–H groups in total. The van der Waals surface area contributed by atoms with Gasteiger partial charge in [0.25, 0.3) is 5.91 Å². The number of hydrogen-bond acceptors (Lipinski definition) is 3. The Bertz CT molecular complexity index is 769. The summed E-state index contributed by atoms with van der Waals surface area (Å²) in [4.78, 5) is 28.9. The van der Waals surface area contributed by atoms with Crippen molar-refractivity contribution in [3.63, 3.8) is 0 Å². The van der Waals surface area contributed by atoms with Gasteiger partial charge in [0.2, 0.25) is 5.91 Å². The number of amides is 2. The summed E-state index contributed by atoms with van der Waals surface area (Å²) in [6, 6.07) is 9.96. The summed E-state index contributed by atoms with van der Waals surface area (Å²) in [6.07, 6.45) is 1.44. The fourth-order valence-corrected chi connectivity index (χ4v) is 4.44. The topological polar surface area (TPSA) is 40.6 Å². The maximum atomic E-state index is 12.6. The molecule has 2 aromatic rings. The molecular weight excluding hydrogens is 320 g/mol. The fraction of sp³-hybridized carbons (Fsp3) is 0.368. The molecule has 4 nitrogen and oxygen atoms in total. The molecule has 124 valence electrons. The first-order valence-electron chi connectivity index (χ1n) is 8.25. The highest BCUT2D eigenvalue weighted by molar-refractivity contribution is 7.08. The van der Waals surface area contributed by atoms with E-state index in [1.54, 1.807) is 0 Å². The first-order valence-corrected chi connectivity index (χ1v) is 9.19. The minimum atomic E-state index is -0.0896. The van der Waals surface area contributed by atoms with Gasteiger partial charge in [-0.2, -0.15) is 11.3 Å². The van der Waals surface area contributed by atoms with Crippen molar-refractivity contribution < 1.29 is 9.59 Å². The molecule has 2 amide bonds. The maximum Gasteiger partial charge on any atom is 0.254 e. The lowest BCUT2D eigenvalue weighted by Gasteiger charge is -2.24. The van der Waals surface area contributed by atoms with Gasteiger partial charge in [0.05, 0.1) is 5.56 Å². The molecule has 1 atom stereocenters. The molecule has 5 heteroatoms. The van der Waals surface area contributed by atoms with E-state index < -0.39 is 0 Å². The molecule has 4 rings (SSSR count). The van der Waals surface area contributed by atoms with Gasteiger partial charge >= 0.3 is 0 Å². The van der Waals surface area contributed by atoms with Gasteiger partial charge in [-0.05, 0) is 36.9 Å². The second-order valence-electron chi connectivity index (χ2n) is 6.98. The van der Waals surface area contributed by atoms with Crippen LogP contribution in [0.3, 0.4) is 0 Å². The van der Waals surface area contributed by atoms with E-state index in [0.717, 1.165) is 24.2 Å². The van der Waals surface area contributed by atoms with Crippen molar-refractivity contribution in [2.75, 3.05) is 24.5 Å². The van der Waals surface area contributed by atoms with Crippen molar-refractivity contribution in [1.29, 1.82) is 0 Å². The molecule has 1 spiro atoms. The van der Waals surface area contributed by atoms with Gasteiger partial charge in [0.1, 0.15) is 0 Å². The maximum absolute atomic E-state index is 12.6. The van der Waals surface area contributed by atoms with Crippen LogP contribution in [0, 0.1) is 12.3 Å². The van der Waals surface area contributed by atoms with Crippen molar-refractivity contribution in [2.45, 2.75) is 19.8 Å². The predicted molar refractivity (Wildman–Crippen MR) is 95.4 cm³/mol. The monoisotopic (exact) mass is 340 g/mol. The number of carbonyl (C=O) groups is 2. The molecule has 3 heterocycles. The summed E-state index contributed by atoms with van der Waals surface area (Å²) in [6.45, 7) is 4.17. The Kier molecular flexibility index (Phi) is 3.68. The van der Waals surface area contributed by atoms with Gasteiger partial charge in [-0.15, -0.1) is 0 Å². The molecule has 2 saturated heterocycles. The molecular formula is C19H20N2O2S. The standard InChI is InChI=1S/C19H20N2O2S/c1-14-2-4-16(5-3-14)21-13-19(10-17(21)22)7-8-20(12-19)18(23)15-6-9-24-11-15/h2-6,9,11H,7-8,10,12-13H2,1H3/t19-/m0/s1. The van der Waals surface area contributed by atoms with E-state index >= 15 is 0 Å². The number of thiophene rings is 1. The van der Waals surface area contributed by atoms with E-state index in [9.17, 15) is 9.59 Å². The summed E-state index contributed by atoms with van der Waals surface area (Å²) >= 11 is 1.54. The van der Waals surface area contributed by atoms with Gasteiger partial charge in [-0.25, -0.2) is 0 Å². The van der Waals surface area contributed by atoms with Gasteiger partial charge in [-0.3, -0.25) is 9.59 Å². The Morgan fingerprint density at radius 3 is 2.67 bits per heavy atom. The molecule has 1 aromatic carbocycles. The lowest BCUT2D eigenvalue weighted by Crippen LogP contribution is -2.34. The van der Waals surface area contributed by atoms with E-state index in [-0.39, 0.29) is 17.2 Å². The molecule has 1 aromatic heterocycles. The normalized spacial score (nSPS) is 23.5. The molecule has 0 unspecified atom stereocenters. The highest BCUT2D eigenvalue weighted by atomic mass is 32.1. The molecule has 2 aliphatic heterocycles. The van der Waals surface area contributed by atoms with Crippen molar-refractivity contribution in [3.8, 4) is 0 Å². The number of carbonyl (C=O) groups excluding carboxylic acids is 2. The minimum Gasteiger partial charge on any atom is -0.338 e. The molecule has 0 radical (unpaired) electrons. The first kappa shape index (κ1) is 15.4. The quantitative estimate of drug-likeness (QED) is 0.841. The van der Waals surface area contributed by atoms with Crippen LogP contribution in [-0.2, 0) is 4.79 Å². The van der Waals surface area contributed by atoms with E-state index in [2.05, 4.69) is 0 Å². The van der Waals surface area contributed by atoms with Crippen LogP contribution in [0.5, 0.6) is 0 Å². The van der Waals surface area contributed by atoms with Crippen molar-refractivity contribution in [1.82, 2.24) is 4.90 Å². The predicted octanol–water partition coefficient (Wildman–Crippen LogP) is 3.33. The number of likely N-dealkylation sites (tertiary alicyclic amines) is 1. The average Bonchev–Trinajstić information content (AvgIpc) is 3.29. The third-order valence-corrected chi connectivity index (χ3v) is 5.84. The number of rotatable bonds is 2. The van der Waals surface area contributed by atoms with Crippen LogP contribution in [0.4, 0.5) is 5.69 Å². The van der Waals surface area contributed by atoms with E-state index in [1.165, 1.54) is 16.9 Å². The zero-order valence-electron chi connectivity index (χ0n) is 13.7. The number of hydrogen-bond donors (Lipinski definition) is 0. The Balaban J connectivity index is 1.50. The third kappa shape index (κ3) is 2.63. The Morgan fingerprint density at radius 1 is 1.17 bits per heavy atom. The van der Waals surface area contributed by atoms with Crippen LogP contribution in [0.2, 0.25) is 0 Å². The Labute approximate surface area is 145 Å². The van der Waals surface area contributed by atoms with Crippen molar-refractivity contribution in [2.24, 2.45) is 5.41 Å². The lowest BCUT2D eigenvalue weighted by molar-refractivity contribution is -0.117. The zero-order chi connectivity index (χ0) is 16.7. The van der Waals surface area contributed by atoms with Gasteiger partial charge in [0, 0.05) is 42.5 Å². The summed E-state index contributed by atoms with van der Waals surface area (Å²) in [5, 5.41) is 3.82. The summed E-state index contributed by atoms with van der Waals surface area (Å²) < 4.78 is 0. The second-order valence-corrected chi connectivity index (χ2v) is 7.76. The number of aryl methyl sites for hydroxylation is 1. The van der Waals surface area contributed by atoms with E-state index in [4.69, 9.17) is 0 Å². The number of benzene rings is 1. The molecule has 0 bridgehead atoms. The summed E-state index contributed by atoms with van der Waals surface area (Å²) in [5.74, 6) is 0.262. The molecule has 0 aliphatic carbocycles. The van der Waals surface area contributed by atoms with Crippen LogP contribution in [0.1, 0.15) is 28.8 Å².